The average molecular weight is 390 g/mol. The summed E-state index contributed by atoms with van der Waals surface area (Å²) in [6.07, 6.45) is 0.692. The summed E-state index contributed by atoms with van der Waals surface area (Å²) in [6.45, 7) is 1.96. The number of rotatable bonds is 6. The van der Waals surface area contributed by atoms with Gasteiger partial charge in [0.1, 0.15) is 5.75 Å². The van der Waals surface area contributed by atoms with Crippen LogP contribution in [0, 0.1) is 0 Å². The Kier molecular flexibility index (Phi) is 5.43. The summed E-state index contributed by atoms with van der Waals surface area (Å²) in [5.74, 6) is 0.597. The largest absolute Gasteiger partial charge is 0.496 e. The number of nitrogens with one attached hydrogen (secondary N) is 1. The molecule has 1 atom stereocenters. The fourth-order valence-electron chi connectivity index (χ4n) is 1.90. The predicted octanol–water partition coefficient (Wildman–Crippen LogP) is 3.95. The van der Waals surface area contributed by atoms with E-state index >= 15 is 0 Å². The Labute approximate surface area is 137 Å². The van der Waals surface area contributed by atoms with Crippen molar-refractivity contribution in [1.29, 1.82) is 0 Å². The van der Waals surface area contributed by atoms with Crippen LogP contribution in [-0.2, 0) is 10.0 Å². The van der Waals surface area contributed by atoms with Gasteiger partial charge in [-0.1, -0.05) is 13.0 Å². The number of benzene rings is 1. The molecular weight excluding hydrogens is 374 g/mol. The zero-order chi connectivity index (χ0) is 15.5. The van der Waals surface area contributed by atoms with Crippen molar-refractivity contribution < 1.29 is 13.2 Å². The van der Waals surface area contributed by atoms with E-state index in [1.54, 1.807) is 23.5 Å². The molecule has 7 heteroatoms. The molecule has 2 aromatic rings. The lowest BCUT2D eigenvalue weighted by Crippen LogP contribution is -2.27. The Morgan fingerprint density at radius 2 is 2.14 bits per heavy atom. The third-order valence-electron chi connectivity index (χ3n) is 3.03. The summed E-state index contributed by atoms with van der Waals surface area (Å²) >= 11 is 4.85. The second-order valence-corrected chi connectivity index (χ2v) is 7.94. The lowest BCUT2D eigenvalue weighted by molar-refractivity contribution is 0.411. The van der Waals surface area contributed by atoms with Crippen molar-refractivity contribution in [3.63, 3.8) is 0 Å². The molecule has 0 saturated carbocycles. The molecule has 0 bridgehead atoms. The van der Waals surface area contributed by atoms with E-state index in [1.165, 1.54) is 13.2 Å². The highest BCUT2D eigenvalue weighted by molar-refractivity contribution is 9.10. The van der Waals surface area contributed by atoms with Crippen LogP contribution in [-0.4, -0.2) is 15.5 Å². The molecule has 1 N–H and O–H groups in total. The van der Waals surface area contributed by atoms with Crippen LogP contribution < -0.4 is 9.46 Å². The maximum atomic E-state index is 12.5. The van der Waals surface area contributed by atoms with Crippen molar-refractivity contribution in [2.45, 2.75) is 24.3 Å². The summed E-state index contributed by atoms with van der Waals surface area (Å²) in [4.78, 5) is 1.22. The third-order valence-corrected chi connectivity index (χ3v) is 6.10. The standard InChI is InChI=1S/C14H16BrNO3S2/c1-3-12(14-5-4-8-20-14)16-21(17,18)10-6-7-13(19-2)11(15)9-10/h4-9,12,16H,3H2,1-2H3. The Balaban J connectivity index is 2.27. The van der Waals surface area contributed by atoms with Crippen LogP contribution in [0.25, 0.3) is 0 Å². The SMILES string of the molecule is CCC(NS(=O)(=O)c1ccc(OC)c(Br)c1)c1cccs1. The van der Waals surface area contributed by atoms with Gasteiger partial charge in [0.2, 0.25) is 10.0 Å². The van der Waals surface area contributed by atoms with Crippen molar-refractivity contribution in [1.82, 2.24) is 4.72 Å². The second kappa shape index (κ2) is 6.91. The molecular formula is C14H16BrNO3S2. The van der Waals surface area contributed by atoms with E-state index in [4.69, 9.17) is 4.74 Å². The first-order valence-corrected chi connectivity index (χ1v) is 9.52. The van der Waals surface area contributed by atoms with Crippen LogP contribution in [0.1, 0.15) is 24.3 Å². The molecule has 21 heavy (non-hydrogen) atoms. The number of hydrogen-bond donors (Lipinski definition) is 1. The Morgan fingerprint density at radius 3 is 2.67 bits per heavy atom. The Bertz CT molecular complexity index is 699. The zero-order valence-corrected chi connectivity index (χ0v) is 14.9. The van der Waals surface area contributed by atoms with Crippen LogP contribution in [0.2, 0.25) is 0 Å². The molecule has 0 spiro atoms. The minimum Gasteiger partial charge on any atom is -0.496 e. The fourth-order valence-corrected chi connectivity index (χ4v) is 4.85. The molecule has 0 saturated heterocycles. The number of methoxy groups -OCH3 is 1. The molecule has 1 aromatic carbocycles. The summed E-state index contributed by atoms with van der Waals surface area (Å²) in [7, 11) is -2.04. The van der Waals surface area contributed by atoms with Crippen LogP contribution in [0.4, 0.5) is 0 Å². The molecule has 2 rings (SSSR count). The summed E-state index contributed by atoms with van der Waals surface area (Å²) in [5.41, 5.74) is 0. The molecule has 0 aliphatic carbocycles. The van der Waals surface area contributed by atoms with Gasteiger partial charge < -0.3 is 4.74 Å². The molecule has 4 nitrogen and oxygen atoms in total. The van der Waals surface area contributed by atoms with E-state index in [0.717, 1.165) is 4.88 Å². The van der Waals surface area contributed by atoms with Crippen molar-refractivity contribution in [2.24, 2.45) is 0 Å². The first kappa shape index (κ1) is 16.5. The van der Waals surface area contributed by atoms with Gasteiger partial charge >= 0.3 is 0 Å². The molecule has 1 aromatic heterocycles. The highest BCUT2D eigenvalue weighted by Gasteiger charge is 2.21. The number of hydrogen-bond acceptors (Lipinski definition) is 4. The minimum atomic E-state index is -3.57. The molecule has 1 unspecified atom stereocenters. The van der Waals surface area contributed by atoms with Gasteiger partial charge in [-0.2, -0.15) is 0 Å². The van der Waals surface area contributed by atoms with Crippen LogP contribution in [0.5, 0.6) is 5.75 Å². The number of halogens is 1. The van der Waals surface area contributed by atoms with Crippen molar-refractivity contribution in [3.05, 3.63) is 45.1 Å². The Hall–Kier alpha value is -0.890. The van der Waals surface area contributed by atoms with Crippen molar-refractivity contribution >= 4 is 37.3 Å². The monoisotopic (exact) mass is 389 g/mol. The van der Waals surface area contributed by atoms with Gasteiger partial charge in [0.05, 0.1) is 22.5 Å². The topological polar surface area (TPSA) is 55.4 Å². The van der Waals surface area contributed by atoms with Crippen molar-refractivity contribution in [2.75, 3.05) is 7.11 Å². The summed E-state index contributed by atoms with van der Waals surface area (Å²) < 4.78 is 33.4. The zero-order valence-electron chi connectivity index (χ0n) is 11.7. The van der Waals surface area contributed by atoms with Gasteiger partial charge in [0.15, 0.2) is 0 Å². The van der Waals surface area contributed by atoms with Gasteiger partial charge in [-0.25, -0.2) is 13.1 Å². The predicted molar refractivity (Wildman–Crippen MR) is 88.4 cm³/mol. The molecule has 0 amide bonds. The number of thiophene rings is 1. The molecule has 114 valence electrons. The van der Waals surface area contributed by atoms with Crippen LogP contribution in [0.3, 0.4) is 0 Å². The fraction of sp³-hybridized carbons (Fsp3) is 0.286. The normalized spacial score (nSPS) is 13.1. The van der Waals surface area contributed by atoms with E-state index in [0.29, 0.717) is 16.6 Å². The van der Waals surface area contributed by atoms with Gasteiger partial charge in [-0.05, 0) is 52.0 Å². The first-order valence-electron chi connectivity index (χ1n) is 6.37. The third kappa shape index (κ3) is 3.85. The van der Waals surface area contributed by atoms with E-state index in [-0.39, 0.29) is 10.9 Å². The highest BCUT2D eigenvalue weighted by atomic mass is 79.9. The van der Waals surface area contributed by atoms with E-state index in [2.05, 4.69) is 20.7 Å². The highest BCUT2D eigenvalue weighted by Crippen LogP contribution is 2.29. The van der Waals surface area contributed by atoms with Crippen LogP contribution >= 0.6 is 27.3 Å². The molecule has 0 fully saturated rings. The van der Waals surface area contributed by atoms with Crippen LogP contribution in [0.15, 0.2) is 45.1 Å². The molecule has 1 heterocycles. The van der Waals surface area contributed by atoms with E-state index in [9.17, 15) is 8.42 Å². The van der Waals surface area contributed by atoms with Gasteiger partial charge in [0.25, 0.3) is 0 Å². The molecule has 0 aliphatic rings. The maximum absolute atomic E-state index is 12.5. The lowest BCUT2D eigenvalue weighted by Gasteiger charge is -2.16. The number of ether oxygens (including phenoxy) is 1. The minimum absolute atomic E-state index is 0.212. The van der Waals surface area contributed by atoms with Crippen molar-refractivity contribution in [3.8, 4) is 5.75 Å². The Morgan fingerprint density at radius 1 is 1.38 bits per heavy atom. The maximum Gasteiger partial charge on any atom is 0.241 e. The molecule has 0 aliphatic heterocycles. The first-order chi connectivity index (χ1) is 9.97. The summed E-state index contributed by atoms with van der Waals surface area (Å²) in [6, 6.07) is 8.35. The van der Waals surface area contributed by atoms with E-state index in [1.807, 2.05) is 24.4 Å². The smallest absolute Gasteiger partial charge is 0.241 e. The average Bonchev–Trinajstić information content (AvgIpc) is 2.98. The summed E-state index contributed by atoms with van der Waals surface area (Å²) in [5, 5.41) is 1.94. The van der Waals surface area contributed by atoms with Gasteiger partial charge in [-0.3, -0.25) is 0 Å². The quantitative estimate of drug-likeness (QED) is 0.813. The lowest BCUT2D eigenvalue weighted by atomic mass is 10.2. The second-order valence-electron chi connectivity index (χ2n) is 4.39. The van der Waals surface area contributed by atoms with Gasteiger partial charge in [0, 0.05) is 4.88 Å². The number of sulfonamides is 1. The van der Waals surface area contributed by atoms with Gasteiger partial charge in [-0.15, -0.1) is 11.3 Å². The molecule has 0 radical (unpaired) electrons. The van der Waals surface area contributed by atoms with E-state index < -0.39 is 10.0 Å².